The van der Waals surface area contributed by atoms with Gasteiger partial charge in [0, 0.05) is 6.54 Å². The maximum absolute atomic E-state index is 13.0. The van der Waals surface area contributed by atoms with Gasteiger partial charge in [-0.05, 0) is 63.9 Å². The molecule has 2 aromatic rings. The molecule has 0 N–H and O–H groups in total. The SMILES string of the molecule is CCn1nc(C)c(Br)c1COc1ccc(F)cc1Br. The Kier molecular flexibility index (Phi) is 4.62. The first-order valence-electron chi connectivity index (χ1n) is 5.82. The van der Waals surface area contributed by atoms with E-state index in [4.69, 9.17) is 4.74 Å². The third-order valence-electron chi connectivity index (χ3n) is 2.71. The van der Waals surface area contributed by atoms with Crippen molar-refractivity contribution in [1.82, 2.24) is 9.78 Å². The van der Waals surface area contributed by atoms with Gasteiger partial charge in [-0.15, -0.1) is 0 Å². The number of rotatable bonds is 4. The summed E-state index contributed by atoms with van der Waals surface area (Å²) in [5, 5.41) is 4.40. The van der Waals surface area contributed by atoms with Crippen LogP contribution in [0.5, 0.6) is 5.75 Å². The molecular weight excluding hydrogens is 379 g/mol. The number of aryl methyl sites for hydroxylation is 2. The van der Waals surface area contributed by atoms with Gasteiger partial charge in [-0.25, -0.2) is 4.39 Å². The second kappa shape index (κ2) is 6.05. The van der Waals surface area contributed by atoms with Crippen LogP contribution in [-0.4, -0.2) is 9.78 Å². The van der Waals surface area contributed by atoms with Gasteiger partial charge in [0.15, 0.2) is 0 Å². The van der Waals surface area contributed by atoms with Gasteiger partial charge in [0.1, 0.15) is 18.2 Å². The molecule has 6 heteroatoms. The molecule has 2 rings (SSSR count). The summed E-state index contributed by atoms with van der Waals surface area (Å²) in [5.41, 5.74) is 1.90. The molecule has 0 fully saturated rings. The third-order valence-corrected chi connectivity index (χ3v) is 4.36. The lowest BCUT2D eigenvalue weighted by atomic mass is 10.3. The van der Waals surface area contributed by atoms with Crippen LogP contribution >= 0.6 is 31.9 Å². The van der Waals surface area contributed by atoms with E-state index in [1.165, 1.54) is 12.1 Å². The number of aromatic nitrogens is 2. The molecule has 0 spiro atoms. The van der Waals surface area contributed by atoms with Crippen LogP contribution in [-0.2, 0) is 13.2 Å². The average molecular weight is 392 g/mol. The molecule has 0 amide bonds. The highest BCUT2D eigenvalue weighted by Crippen LogP contribution is 2.28. The molecule has 0 atom stereocenters. The molecule has 3 nitrogen and oxygen atoms in total. The smallest absolute Gasteiger partial charge is 0.134 e. The lowest BCUT2D eigenvalue weighted by Gasteiger charge is -2.10. The molecule has 19 heavy (non-hydrogen) atoms. The molecule has 0 aliphatic rings. The zero-order valence-corrected chi connectivity index (χ0v) is 13.8. The van der Waals surface area contributed by atoms with Crippen LogP contribution in [0, 0.1) is 12.7 Å². The average Bonchev–Trinajstić information content (AvgIpc) is 2.65. The van der Waals surface area contributed by atoms with Crippen molar-refractivity contribution in [2.75, 3.05) is 0 Å². The molecule has 0 aliphatic heterocycles. The van der Waals surface area contributed by atoms with E-state index in [0.717, 1.165) is 22.4 Å². The molecule has 1 heterocycles. The first-order chi connectivity index (χ1) is 9.02. The third kappa shape index (κ3) is 3.17. The van der Waals surface area contributed by atoms with E-state index in [0.29, 0.717) is 16.8 Å². The van der Waals surface area contributed by atoms with Crippen LogP contribution in [0.1, 0.15) is 18.3 Å². The first-order valence-corrected chi connectivity index (χ1v) is 7.41. The Morgan fingerprint density at radius 2 is 2.11 bits per heavy atom. The largest absolute Gasteiger partial charge is 0.486 e. The Hall–Kier alpha value is -0.880. The van der Waals surface area contributed by atoms with Gasteiger partial charge < -0.3 is 4.74 Å². The maximum Gasteiger partial charge on any atom is 0.134 e. The highest BCUT2D eigenvalue weighted by atomic mass is 79.9. The van der Waals surface area contributed by atoms with E-state index in [2.05, 4.69) is 37.0 Å². The number of benzene rings is 1. The summed E-state index contributed by atoms with van der Waals surface area (Å²) in [7, 11) is 0. The van der Waals surface area contributed by atoms with E-state index in [-0.39, 0.29) is 5.82 Å². The highest BCUT2D eigenvalue weighted by molar-refractivity contribution is 9.10. The van der Waals surface area contributed by atoms with Crippen LogP contribution in [0.3, 0.4) is 0 Å². The summed E-state index contributed by atoms with van der Waals surface area (Å²) >= 11 is 6.79. The zero-order valence-electron chi connectivity index (χ0n) is 10.6. The lowest BCUT2D eigenvalue weighted by molar-refractivity contribution is 0.289. The van der Waals surface area contributed by atoms with Gasteiger partial charge in [0.25, 0.3) is 0 Å². The second-order valence-corrected chi connectivity index (χ2v) is 5.67. The molecule has 0 saturated heterocycles. The van der Waals surface area contributed by atoms with Gasteiger partial charge in [-0.3, -0.25) is 4.68 Å². The van der Waals surface area contributed by atoms with Crippen LogP contribution in [0.2, 0.25) is 0 Å². The van der Waals surface area contributed by atoms with E-state index in [1.807, 2.05) is 18.5 Å². The Morgan fingerprint density at radius 1 is 1.37 bits per heavy atom. The second-order valence-electron chi connectivity index (χ2n) is 4.03. The van der Waals surface area contributed by atoms with E-state index >= 15 is 0 Å². The van der Waals surface area contributed by atoms with Crippen molar-refractivity contribution in [2.45, 2.75) is 27.0 Å². The van der Waals surface area contributed by atoms with Gasteiger partial charge >= 0.3 is 0 Å². The topological polar surface area (TPSA) is 27.1 Å². The fourth-order valence-electron chi connectivity index (χ4n) is 1.75. The number of nitrogens with zero attached hydrogens (tertiary/aromatic N) is 2. The monoisotopic (exact) mass is 390 g/mol. The molecule has 102 valence electrons. The Bertz CT molecular complexity index is 599. The van der Waals surface area contributed by atoms with E-state index < -0.39 is 0 Å². The number of hydrogen-bond acceptors (Lipinski definition) is 2. The summed E-state index contributed by atoms with van der Waals surface area (Å²) in [5.74, 6) is 0.310. The highest BCUT2D eigenvalue weighted by Gasteiger charge is 2.13. The molecule has 1 aromatic carbocycles. The van der Waals surface area contributed by atoms with Crippen molar-refractivity contribution in [3.63, 3.8) is 0 Å². The quantitative estimate of drug-likeness (QED) is 0.769. The molecular formula is C13H13Br2FN2O. The summed E-state index contributed by atoms with van der Waals surface area (Å²) < 4.78 is 22.1. The predicted molar refractivity (Wildman–Crippen MR) is 78.8 cm³/mol. The predicted octanol–water partition coefficient (Wildman–Crippen LogP) is 4.45. The molecule has 0 aliphatic carbocycles. The van der Waals surface area contributed by atoms with Crippen molar-refractivity contribution in [2.24, 2.45) is 0 Å². The summed E-state index contributed by atoms with van der Waals surface area (Å²) in [4.78, 5) is 0. The molecule has 0 unspecified atom stereocenters. The van der Waals surface area contributed by atoms with Crippen LogP contribution in [0.4, 0.5) is 4.39 Å². The maximum atomic E-state index is 13.0. The molecule has 0 saturated carbocycles. The van der Waals surface area contributed by atoms with Crippen molar-refractivity contribution in [3.05, 3.63) is 44.3 Å². The standard InChI is InChI=1S/C13H13Br2FN2O/c1-3-18-11(13(15)8(2)17-18)7-19-12-5-4-9(16)6-10(12)14/h4-6H,3,7H2,1-2H3. The minimum atomic E-state index is -0.296. The number of hydrogen-bond donors (Lipinski definition) is 0. The van der Waals surface area contributed by atoms with Gasteiger partial charge in [-0.2, -0.15) is 5.10 Å². The van der Waals surface area contributed by atoms with Gasteiger partial charge in [0.05, 0.1) is 20.3 Å². The van der Waals surface area contributed by atoms with Gasteiger partial charge in [0.2, 0.25) is 0 Å². The Balaban J connectivity index is 2.18. The van der Waals surface area contributed by atoms with E-state index in [9.17, 15) is 4.39 Å². The zero-order chi connectivity index (χ0) is 14.0. The van der Waals surface area contributed by atoms with Crippen molar-refractivity contribution >= 4 is 31.9 Å². The van der Waals surface area contributed by atoms with Crippen LogP contribution in [0.25, 0.3) is 0 Å². The molecule has 0 radical (unpaired) electrons. The fraction of sp³-hybridized carbons (Fsp3) is 0.308. The van der Waals surface area contributed by atoms with Crippen molar-refractivity contribution < 1.29 is 9.13 Å². The summed E-state index contributed by atoms with van der Waals surface area (Å²) in [6.07, 6.45) is 0. The summed E-state index contributed by atoms with van der Waals surface area (Å²) in [6.45, 7) is 5.11. The fourth-order valence-corrected chi connectivity index (χ4v) is 2.61. The number of ether oxygens (including phenoxy) is 1. The van der Waals surface area contributed by atoms with Crippen molar-refractivity contribution in [3.8, 4) is 5.75 Å². The minimum absolute atomic E-state index is 0.296. The van der Waals surface area contributed by atoms with E-state index in [1.54, 1.807) is 6.07 Å². The molecule has 1 aromatic heterocycles. The normalized spacial score (nSPS) is 10.8. The number of halogens is 3. The van der Waals surface area contributed by atoms with Crippen molar-refractivity contribution in [1.29, 1.82) is 0 Å². The van der Waals surface area contributed by atoms with Crippen LogP contribution in [0.15, 0.2) is 27.1 Å². The Morgan fingerprint density at radius 3 is 2.74 bits per heavy atom. The first kappa shape index (κ1) is 14.5. The summed E-state index contributed by atoms with van der Waals surface area (Å²) in [6, 6.07) is 4.36. The lowest BCUT2D eigenvalue weighted by Crippen LogP contribution is -2.06. The molecule has 0 bridgehead atoms. The van der Waals surface area contributed by atoms with Gasteiger partial charge in [-0.1, -0.05) is 0 Å². The van der Waals surface area contributed by atoms with Crippen LogP contribution < -0.4 is 4.74 Å². The minimum Gasteiger partial charge on any atom is -0.486 e. The Labute approximate surface area is 128 Å².